The molecule has 4 nitrogen and oxygen atoms in total. The number of pyridine rings is 1. The van der Waals surface area contributed by atoms with Crippen LogP contribution in [-0.4, -0.2) is 25.0 Å². The van der Waals surface area contributed by atoms with Crippen LogP contribution in [0.25, 0.3) is 0 Å². The van der Waals surface area contributed by atoms with E-state index in [0.29, 0.717) is 24.3 Å². The molecule has 1 aromatic carbocycles. The smallest absolute Gasteiger partial charge is 0.168 e. The molecule has 0 unspecified atom stereocenters. The van der Waals surface area contributed by atoms with E-state index < -0.39 is 0 Å². The van der Waals surface area contributed by atoms with Crippen LogP contribution in [-0.2, 0) is 6.42 Å². The van der Waals surface area contributed by atoms with Crippen LogP contribution in [0.1, 0.15) is 16.1 Å². The first-order valence-electron chi connectivity index (χ1n) is 5.99. The summed E-state index contributed by atoms with van der Waals surface area (Å²) in [5, 5.41) is 0. The fourth-order valence-corrected chi connectivity index (χ4v) is 1.63. The number of aromatic nitrogens is 1. The summed E-state index contributed by atoms with van der Waals surface area (Å²) in [6.45, 7) is 0.564. The van der Waals surface area contributed by atoms with E-state index >= 15 is 0 Å². The minimum absolute atomic E-state index is 0.405. The molecule has 98 valence electrons. The highest BCUT2D eigenvalue weighted by Gasteiger charge is 1.98. The molecule has 1 aromatic heterocycles. The Kier molecular flexibility index (Phi) is 4.50. The number of hydrogen-bond donors (Lipinski definition) is 0. The van der Waals surface area contributed by atoms with Crippen LogP contribution in [0.5, 0.6) is 11.5 Å². The first-order chi connectivity index (χ1) is 9.31. The third-order valence-electron chi connectivity index (χ3n) is 2.70. The zero-order valence-electron chi connectivity index (χ0n) is 10.7. The Morgan fingerprint density at radius 3 is 2.42 bits per heavy atom. The summed E-state index contributed by atoms with van der Waals surface area (Å²) in [4.78, 5) is 14.4. The van der Waals surface area contributed by atoms with Gasteiger partial charge in [0.25, 0.3) is 0 Å². The van der Waals surface area contributed by atoms with E-state index in [0.717, 1.165) is 12.2 Å². The zero-order chi connectivity index (χ0) is 13.5. The predicted molar refractivity (Wildman–Crippen MR) is 71.8 cm³/mol. The lowest BCUT2D eigenvalue weighted by molar-refractivity contribution is 0.111. The van der Waals surface area contributed by atoms with Gasteiger partial charge in [-0.1, -0.05) is 12.1 Å². The van der Waals surface area contributed by atoms with Crippen LogP contribution in [0.15, 0.2) is 42.6 Å². The van der Waals surface area contributed by atoms with Gasteiger partial charge in [-0.15, -0.1) is 0 Å². The molecule has 0 N–H and O–H groups in total. The van der Waals surface area contributed by atoms with Crippen molar-refractivity contribution >= 4 is 6.29 Å². The summed E-state index contributed by atoms with van der Waals surface area (Å²) in [7, 11) is 1.65. The standard InChI is InChI=1S/C15H15NO3/c1-18-14-5-2-12(3-6-14)8-9-19-15-7-4-13(11-17)16-10-15/h2-7,10-11H,8-9H2,1H3. The Morgan fingerprint density at radius 2 is 1.84 bits per heavy atom. The van der Waals surface area contributed by atoms with E-state index in [4.69, 9.17) is 9.47 Å². The van der Waals surface area contributed by atoms with Crippen LogP contribution in [0.2, 0.25) is 0 Å². The molecule has 0 aliphatic heterocycles. The van der Waals surface area contributed by atoms with Gasteiger partial charge in [0.1, 0.15) is 17.2 Å². The predicted octanol–water partition coefficient (Wildman–Crippen LogP) is 2.52. The van der Waals surface area contributed by atoms with Gasteiger partial charge in [0.15, 0.2) is 6.29 Å². The largest absolute Gasteiger partial charge is 0.497 e. The third kappa shape index (κ3) is 3.81. The van der Waals surface area contributed by atoms with Gasteiger partial charge in [-0.25, -0.2) is 4.98 Å². The van der Waals surface area contributed by atoms with Gasteiger partial charge in [-0.3, -0.25) is 4.79 Å². The maximum absolute atomic E-state index is 10.5. The molecule has 0 fully saturated rings. The summed E-state index contributed by atoms with van der Waals surface area (Å²) >= 11 is 0. The van der Waals surface area contributed by atoms with Gasteiger partial charge in [0, 0.05) is 6.42 Å². The van der Waals surface area contributed by atoms with Gasteiger partial charge in [0.05, 0.1) is 19.9 Å². The van der Waals surface area contributed by atoms with E-state index in [2.05, 4.69) is 4.98 Å². The van der Waals surface area contributed by atoms with Gasteiger partial charge in [-0.05, 0) is 29.8 Å². The first kappa shape index (κ1) is 13.1. The van der Waals surface area contributed by atoms with Gasteiger partial charge >= 0.3 is 0 Å². The van der Waals surface area contributed by atoms with Gasteiger partial charge in [-0.2, -0.15) is 0 Å². The molecule has 4 heteroatoms. The minimum atomic E-state index is 0.405. The van der Waals surface area contributed by atoms with E-state index in [9.17, 15) is 4.79 Å². The van der Waals surface area contributed by atoms with Crippen molar-refractivity contribution in [3.63, 3.8) is 0 Å². The normalized spacial score (nSPS) is 9.95. The number of hydrogen-bond acceptors (Lipinski definition) is 4. The average molecular weight is 257 g/mol. The highest BCUT2D eigenvalue weighted by atomic mass is 16.5. The molecule has 0 saturated carbocycles. The molecule has 19 heavy (non-hydrogen) atoms. The summed E-state index contributed by atoms with van der Waals surface area (Å²) < 4.78 is 10.7. The molecule has 2 aromatic rings. The average Bonchev–Trinajstić information content (AvgIpc) is 2.49. The molecule has 0 spiro atoms. The lowest BCUT2D eigenvalue weighted by atomic mass is 10.1. The Bertz CT molecular complexity index is 520. The number of nitrogens with zero attached hydrogens (tertiary/aromatic N) is 1. The lowest BCUT2D eigenvalue weighted by Crippen LogP contribution is -2.02. The highest BCUT2D eigenvalue weighted by Crippen LogP contribution is 2.13. The maximum Gasteiger partial charge on any atom is 0.168 e. The van der Waals surface area contributed by atoms with E-state index in [-0.39, 0.29) is 0 Å². The number of ether oxygens (including phenoxy) is 2. The zero-order valence-corrected chi connectivity index (χ0v) is 10.7. The van der Waals surface area contributed by atoms with Crippen LogP contribution in [0.3, 0.4) is 0 Å². The molecule has 0 bridgehead atoms. The quantitative estimate of drug-likeness (QED) is 0.746. The van der Waals surface area contributed by atoms with Crippen molar-refractivity contribution < 1.29 is 14.3 Å². The molecular weight excluding hydrogens is 242 g/mol. The Labute approximate surface area is 112 Å². The number of aldehydes is 1. The summed E-state index contributed by atoms with van der Waals surface area (Å²) in [5.41, 5.74) is 1.58. The van der Waals surface area contributed by atoms with E-state index in [1.807, 2.05) is 24.3 Å². The molecule has 0 amide bonds. The number of benzene rings is 1. The maximum atomic E-state index is 10.5. The van der Waals surface area contributed by atoms with Crippen LogP contribution < -0.4 is 9.47 Å². The van der Waals surface area contributed by atoms with Crippen molar-refractivity contribution in [2.24, 2.45) is 0 Å². The molecule has 0 aliphatic rings. The van der Waals surface area contributed by atoms with Crippen molar-refractivity contribution in [1.82, 2.24) is 4.98 Å². The van der Waals surface area contributed by atoms with Crippen LogP contribution in [0, 0.1) is 0 Å². The molecule has 2 rings (SSSR count). The molecule has 0 atom stereocenters. The number of rotatable bonds is 6. The second-order valence-corrected chi connectivity index (χ2v) is 3.98. The van der Waals surface area contributed by atoms with Gasteiger partial charge in [0.2, 0.25) is 0 Å². The molecule has 1 heterocycles. The van der Waals surface area contributed by atoms with Crippen molar-refractivity contribution in [1.29, 1.82) is 0 Å². The van der Waals surface area contributed by atoms with E-state index in [1.165, 1.54) is 5.56 Å². The Hall–Kier alpha value is -2.36. The second kappa shape index (κ2) is 6.54. The molecule has 0 radical (unpaired) electrons. The van der Waals surface area contributed by atoms with Crippen LogP contribution in [0.4, 0.5) is 0 Å². The van der Waals surface area contributed by atoms with Crippen LogP contribution >= 0.6 is 0 Å². The Balaban J connectivity index is 1.83. The summed E-state index contributed by atoms with van der Waals surface area (Å²) in [6.07, 6.45) is 3.07. The number of methoxy groups -OCH3 is 1. The van der Waals surface area contributed by atoms with Crippen molar-refractivity contribution in [3.05, 3.63) is 53.9 Å². The number of carbonyl (C=O) groups is 1. The van der Waals surface area contributed by atoms with Crippen molar-refractivity contribution in [2.75, 3.05) is 13.7 Å². The Morgan fingerprint density at radius 1 is 1.11 bits per heavy atom. The highest BCUT2D eigenvalue weighted by molar-refractivity contribution is 5.71. The third-order valence-corrected chi connectivity index (χ3v) is 2.70. The number of carbonyl (C=O) groups excluding carboxylic acids is 1. The molecule has 0 aliphatic carbocycles. The minimum Gasteiger partial charge on any atom is -0.497 e. The lowest BCUT2D eigenvalue weighted by Gasteiger charge is -2.06. The SMILES string of the molecule is COc1ccc(CCOc2ccc(C=O)nc2)cc1. The van der Waals surface area contributed by atoms with Crippen molar-refractivity contribution in [3.8, 4) is 11.5 Å². The van der Waals surface area contributed by atoms with Gasteiger partial charge < -0.3 is 9.47 Å². The first-order valence-corrected chi connectivity index (χ1v) is 5.99. The molecule has 0 saturated heterocycles. The fourth-order valence-electron chi connectivity index (χ4n) is 1.63. The van der Waals surface area contributed by atoms with Crippen molar-refractivity contribution in [2.45, 2.75) is 6.42 Å². The topological polar surface area (TPSA) is 48.4 Å². The van der Waals surface area contributed by atoms with E-state index in [1.54, 1.807) is 25.4 Å². The molecular formula is C15H15NO3. The second-order valence-electron chi connectivity index (χ2n) is 3.98. The monoisotopic (exact) mass is 257 g/mol. The summed E-state index contributed by atoms with van der Waals surface area (Å²) in [6, 6.07) is 11.2. The summed E-state index contributed by atoms with van der Waals surface area (Å²) in [5.74, 6) is 1.51. The fraction of sp³-hybridized carbons (Fsp3) is 0.200.